The number of hydrogen-bond acceptors (Lipinski definition) is 2. The second kappa shape index (κ2) is 5.19. The van der Waals surface area contributed by atoms with Crippen LogP contribution in [0.25, 0.3) is 0 Å². The summed E-state index contributed by atoms with van der Waals surface area (Å²) in [6.45, 7) is 5.63. The standard InChI is InChI=1S/C12H20ClN3/c1-10-9-16(8-5-12(10)13)7-4-11-3-6-14-15(11)2/h3,6,10,12H,4-5,7-9H2,1-2H3. The maximum absolute atomic E-state index is 6.22. The number of aromatic nitrogens is 2. The predicted molar refractivity (Wildman–Crippen MR) is 66.8 cm³/mol. The normalized spacial score (nSPS) is 27.2. The van der Waals surface area contributed by atoms with E-state index in [2.05, 4.69) is 23.0 Å². The highest BCUT2D eigenvalue weighted by Crippen LogP contribution is 2.21. The minimum Gasteiger partial charge on any atom is -0.303 e. The largest absolute Gasteiger partial charge is 0.303 e. The molecule has 1 aliphatic rings. The van der Waals surface area contributed by atoms with Gasteiger partial charge in [-0.05, 0) is 24.9 Å². The van der Waals surface area contributed by atoms with Crippen molar-refractivity contribution >= 4 is 11.6 Å². The second-order valence-electron chi connectivity index (χ2n) is 4.78. The smallest absolute Gasteiger partial charge is 0.0492 e. The summed E-state index contributed by atoms with van der Waals surface area (Å²) in [5.74, 6) is 0.613. The molecule has 0 saturated carbocycles. The van der Waals surface area contributed by atoms with E-state index in [-0.39, 0.29) is 0 Å². The molecule has 0 radical (unpaired) electrons. The van der Waals surface area contributed by atoms with E-state index in [1.54, 1.807) is 0 Å². The molecule has 4 heteroatoms. The number of piperidine rings is 1. The van der Waals surface area contributed by atoms with Gasteiger partial charge in [0.05, 0.1) is 0 Å². The Morgan fingerprint density at radius 3 is 3.00 bits per heavy atom. The van der Waals surface area contributed by atoms with Gasteiger partial charge in [-0.25, -0.2) is 0 Å². The number of alkyl halides is 1. The first-order valence-corrected chi connectivity index (χ1v) is 6.44. The van der Waals surface area contributed by atoms with Crippen LogP contribution >= 0.6 is 11.6 Å². The van der Waals surface area contributed by atoms with Gasteiger partial charge in [0.15, 0.2) is 0 Å². The molecular weight excluding hydrogens is 222 g/mol. The Morgan fingerprint density at radius 1 is 1.56 bits per heavy atom. The Kier molecular flexibility index (Phi) is 3.87. The van der Waals surface area contributed by atoms with Crippen molar-refractivity contribution in [1.82, 2.24) is 14.7 Å². The van der Waals surface area contributed by atoms with Gasteiger partial charge >= 0.3 is 0 Å². The molecular formula is C12H20ClN3. The molecule has 90 valence electrons. The number of likely N-dealkylation sites (tertiary alicyclic amines) is 1. The van der Waals surface area contributed by atoms with E-state index < -0.39 is 0 Å². The highest BCUT2D eigenvalue weighted by Gasteiger charge is 2.23. The summed E-state index contributed by atoms with van der Waals surface area (Å²) in [6.07, 6.45) is 4.06. The third kappa shape index (κ3) is 2.77. The summed E-state index contributed by atoms with van der Waals surface area (Å²) in [4.78, 5) is 2.51. The zero-order valence-electron chi connectivity index (χ0n) is 10.1. The highest BCUT2D eigenvalue weighted by atomic mass is 35.5. The summed E-state index contributed by atoms with van der Waals surface area (Å²) in [6, 6.07) is 2.09. The molecule has 1 fully saturated rings. The fourth-order valence-electron chi connectivity index (χ4n) is 2.33. The fraction of sp³-hybridized carbons (Fsp3) is 0.750. The zero-order chi connectivity index (χ0) is 11.5. The SMILES string of the molecule is CC1CN(CCc2ccnn2C)CCC1Cl. The first-order valence-electron chi connectivity index (χ1n) is 6.00. The van der Waals surface area contributed by atoms with Gasteiger partial charge in [0.25, 0.3) is 0 Å². The van der Waals surface area contributed by atoms with E-state index in [1.165, 1.54) is 5.69 Å². The molecule has 2 heterocycles. The predicted octanol–water partition coefficient (Wildman–Crippen LogP) is 1.91. The van der Waals surface area contributed by atoms with Crippen LogP contribution in [0.1, 0.15) is 19.0 Å². The van der Waals surface area contributed by atoms with Crippen LogP contribution in [-0.2, 0) is 13.5 Å². The second-order valence-corrected chi connectivity index (χ2v) is 5.34. The molecule has 16 heavy (non-hydrogen) atoms. The Hall–Kier alpha value is -0.540. The minimum atomic E-state index is 0.368. The lowest BCUT2D eigenvalue weighted by molar-refractivity contribution is 0.188. The Balaban J connectivity index is 1.81. The van der Waals surface area contributed by atoms with Crippen LogP contribution in [0.3, 0.4) is 0 Å². The van der Waals surface area contributed by atoms with Crippen molar-refractivity contribution in [2.75, 3.05) is 19.6 Å². The molecule has 0 aliphatic carbocycles. The topological polar surface area (TPSA) is 21.1 Å². The van der Waals surface area contributed by atoms with Crippen LogP contribution in [0, 0.1) is 5.92 Å². The van der Waals surface area contributed by atoms with Gasteiger partial charge in [0.1, 0.15) is 0 Å². The maximum Gasteiger partial charge on any atom is 0.0492 e. The van der Waals surface area contributed by atoms with Gasteiger partial charge in [-0.15, -0.1) is 11.6 Å². The van der Waals surface area contributed by atoms with E-state index >= 15 is 0 Å². The molecule has 1 saturated heterocycles. The molecule has 1 aromatic rings. The Morgan fingerprint density at radius 2 is 2.38 bits per heavy atom. The molecule has 0 bridgehead atoms. The molecule has 1 aliphatic heterocycles. The summed E-state index contributed by atoms with van der Waals surface area (Å²) in [5.41, 5.74) is 1.31. The molecule has 0 aromatic carbocycles. The minimum absolute atomic E-state index is 0.368. The molecule has 2 atom stereocenters. The van der Waals surface area contributed by atoms with Crippen LogP contribution in [0.5, 0.6) is 0 Å². The van der Waals surface area contributed by atoms with Crippen molar-refractivity contribution in [2.45, 2.75) is 25.1 Å². The number of nitrogens with zero attached hydrogens (tertiary/aromatic N) is 3. The summed E-state index contributed by atoms with van der Waals surface area (Å²) >= 11 is 6.22. The number of rotatable bonds is 3. The summed E-state index contributed by atoms with van der Waals surface area (Å²) in [7, 11) is 2.00. The number of halogens is 1. The van der Waals surface area contributed by atoms with Crippen molar-refractivity contribution in [3.63, 3.8) is 0 Å². The van der Waals surface area contributed by atoms with Crippen LogP contribution in [0.2, 0.25) is 0 Å². The van der Waals surface area contributed by atoms with Crippen LogP contribution in [-0.4, -0.2) is 39.7 Å². The first-order chi connectivity index (χ1) is 7.66. The molecule has 2 unspecified atom stereocenters. The number of hydrogen-bond donors (Lipinski definition) is 0. The van der Waals surface area contributed by atoms with Gasteiger partial charge in [0, 0.05) is 43.8 Å². The van der Waals surface area contributed by atoms with E-state index in [9.17, 15) is 0 Å². The van der Waals surface area contributed by atoms with Crippen molar-refractivity contribution in [2.24, 2.45) is 13.0 Å². The Labute approximate surface area is 102 Å². The third-order valence-electron chi connectivity index (χ3n) is 3.49. The average molecular weight is 242 g/mol. The van der Waals surface area contributed by atoms with Gasteiger partial charge < -0.3 is 4.90 Å². The van der Waals surface area contributed by atoms with Crippen LogP contribution in [0.4, 0.5) is 0 Å². The quantitative estimate of drug-likeness (QED) is 0.754. The molecule has 1 aromatic heterocycles. The molecule has 0 amide bonds. The fourth-order valence-corrected chi connectivity index (χ4v) is 2.50. The maximum atomic E-state index is 6.22. The van der Waals surface area contributed by atoms with E-state index in [0.717, 1.165) is 32.5 Å². The van der Waals surface area contributed by atoms with E-state index in [0.29, 0.717) is 11.3 Å². The Bertz CT molecular complexity index is 337. The lowest BCUT2D eigenvalue weighted by Crippen LogP contribution is -2.40. The van der Waals surface area contributed by atoms with Gasteiger partial charge in [-0.1, -0.05) is 6.92 Å². The van der Waals surface area contributed by atoms with Crippen molar-refractivity contribution in [3.05, 3.63) is 18.0 Å². The molecule has 2 rings (SSSR count). The van der Waals surface area contributed by atoms with E-state index in [4.69, 9.17) is 11.6 Å². The van der Waals surface area contributed by atoms with Crippen LogP contribution in [0.15, 0.2) is 12.3 Å². The molecule has 0 spiro atoms. The van der Waals surface area contributed by atoms with Crippen LogP contribution < -0.4 is 0 Å². The van der Waals surface area contributed by atoms with Crippen molar-refractivity contribution < 1.29 is 0 Å². The van der Waals surface area contributed by atoms with Gasteiger partial charge in [-0.2, -0.15) is 5.10 Å². The lowest BCUT2D eigenvalue weighted by atomic mass is 9.99. The molecule has 3 nitrogen and oxygen atoms in total. The summed E-state index contributed by atoms with van der Waals surface area (Å²) < 4.78 is 1.96. The summed E-state index contributed by atoms with van der Waals surface area (Å²) in [5, 5.41) is 4.55. The van der Waals surface area contributed by atoms with Gasteiger partial charge in [0.2, 0.25) is 0 Å². The highest BCUT2D eigenvalue weighted by molar-refractivity contribution is 6.20. The van der Waals surface area contributed by atoms with E-state index in [1.807, 2.05) is 17.9 Å². The van der Waals surface area contributed by atoms with Gasteiger partial charge in [-0.3, -0.25) is 4.68 Å². The average Bonchev–Trinajstić information content (AvgIpc) is 2.66. The molecule has 0 N–H and O–H groups in total. The number of aryl methyl sites for hydroxylation is 1. The lowest BCUT2D eigenvalue weighted by Gasteiger charge is -2.34. The first kappa shape index (κ1) is 11.9. The van der Waals surface area contributed by atoms with Crippen molar-refractivity contribution in [1.29, 1.82) is 0 Å². The third-order valence-corrected chi connectivity index (χ3v) is 4.14. The van der Waals surface area contributed by atoms with Crippen molar-refractivity contribution in [3.8, 4) is 0 Å². The monoisotopic (exact) mass is 241 g/mol. The zero-order valence-corrected chi connectivity index (χ0v) is 10.8.